The summed E-state index contributed by atoms with van der Waals surface area (Å²) in [5, 5.41) is 4.53. The van der Waals surface area contributed by atoms with E-state index in [1.807, 2.05) is 9.80 Å². The summed E-state index contributed by atoms with van der Waals surface area (Å²) in [5.74, 6) is -0.349. The molecule has 0 spiro atoms. The SMILES string of the molecule is COC(=O)c1c(NC(=S)N2CCN(c3cccc(C(F)(F)F)c3)CC2)sc2c1CCCCCC2. The molecule has 1 aromatic heterocycles. The first-order valence-corrected chi connectivity index (χ1v) is 12.7. The van der Waals surface area contributed by atoms with Crippen molar-refractivity contribution in [3.8, 4) is 0 Å². The van der Waals surface area contributed by atoms with E-state index < -0.39 is 11.7 Å². The molecular formula is C24H28F3N3O2S2. The van der Waals surface area contributed by atoms with Gasteiger partial charge in [0.15, 0.2) is 5.11 Å². The van der Waals surface area contributed by atoms with Crippen LogP contribution in [0.1, 0.15) is 52.0 Å². The first-order chi connectivity index (χ1) is 16.3. The highest BCUT2D eigenvalue weighted by Crippen LogP contribution is 2.38. The van der Waals surface area contributed by atoms with Crippen molar-refractivity contribution in [2.24, 2.45) is 0 Å². The number of alkyl halides is 3. The molecule has 0 bridgehead atoms. The van der Waals surface area contributed by atoms with Crippen LogP contribution in [0.5, 0.6) is 0 Å². The van der Waals surface area contributed by atoms with E-state index in [1.54, 1.807) is 17.4 Å². The molecule has 0 saturated carbocycles. The Morgan fingerprint density at radius 3 is 2.47 bits per heavy atom. The molecule has 0 atom stereocenters. The predicted molar refractivity (Wildman–Crippen MR) is 133 cm³/mol. The maximum absolute atomic E-state index is 13.1. The Morgan fingerprint density at radius 1 is 1.09 bits per heavy atom. The van der Waals surface area contributed by atoms with Gasteiger partial charge in [0, 0.05) is 36.7 Å². The highest BCUT2D eigenvalue weighted by Gasteiger charge is 2.31. The molecule has 1 aliphatic carbocycles. The smallest absolute Gasteiger partial charge is 0.416 e. The van der Waals surface area contributed by atoms with E-state index in [1.165, 1.54) is 30.5 Å². The van der Waals surface area contributed by atoms with Crippen LogP contribution in [0.3, 0.4) is 0 Å². The number of rotatable bonds is 3. The maximum Gasteiger partial charge on any atom is 0.416 e. The van der Waals surface area contributed by atoms with Crippen LogP contribution in [0.2, 0.25) is 0 Å². The van der Waals surface area contributed by atoms with Crippen molar-refractivity contribution in [3.63, 3.8) is 0 Å². The molecule has 34 heavy (non-hydrogen) atoms. The second-order valence-corrected chi connectivity index (χ2v) is 10.1. The molecule has 1 fully saturated rings. The third-order valence-electron chi connectivity index (χ3n) is 6.39. The molecule has 2 heterocycles. The number of fused-ring (bicyclic) bond motifs is 1. The zero-order chi connectivity index (χ0) is 24.3. The molecule has 1 aliphatic heterocycles. The zero-order valence-corrected chi connectivity index (χ0v) is 20.7. The number of esters is 1. The lowest BCUT2D eigenvalue weighted by Gasteiger charge is -2.37. The third kappa shape index (κ3) is 5.49. The Labute approximate surface area is 206 Å². The average molecular weight is 512 g/mol. The molecule has 184 valence electrons. The number of nitrogens with zero attached hydrogens (tertiary/aromatic N) is 2. The number of anilines is 2. The lowest BCUT2D eigenvalue weighted by molar-refractivity contribution is -0.137. The molecule has 2 aromatic rings. The maximum atomic E-state index is 13.1. The van der Waals surface area contributed by atoms with Crippen LogP contribution < -0.4 is 10.2 Å². The Morgan fingerprint density at radius 2 is 1.79 bits per heavy atom. The van der Waals surface area contributed by atoms with Crippen LogP contribution in [0.25, 0.3) is 0 Å². The van der Waals surface area contributed by atoms with Crippen molar-refractivity contribution in [2.75, 3.05) is 43.5 Å². The van der Waals surface area contributed by atoms with E-state index in [2.05, 4.69) is 5.32 Å². The number of carbonyl (C=O) groups is 1. The Hall–Kier alpha value is -2.33. The monoisotopic (exact) mass is 511 g/mol. The first-order valence-electron chi connectivity index (χ1n) is 11.5. The number of carbonyl (C=O) groups excluding carboxylic acids is 1. The van der Waals surface area contributed by atoms with Gasteiger partial charge in [0.05, 0.1) is 18.2 Å². The van der Waals surface area contributed by atoms with Gasteiger partial charge in [-0.1, -0.05) is 18.9 Å². The quantitative estimate of drug-likeness (QED) is 0.419. The molecule has 1 N–H and O–H groups in total. The molecule has 10 heteroatoms. The fourth-order valence-electron chi connectivity index (χ4n) is 4.55. The van der Waals surface area contributed by atoms with Crippen LogP contribution >= 0.6 is 23.6 Å². The van der Waals surface area contributed by atoms with E-state index in [0.29, 0.717) is 42.5 Å². The van der Waals surface area contributed by atoms with Crippen molar-refractivity contribution in [1.82, 2.24) is 4.90 Å². The van der Waals surface area contributed by atoms with Gasteiger partial charge in [0.25, 0.3) is 0 Å². The molecule has 1 aromatic carbocycles. The second-order valence-electron chi connectivity index (χ2n) is 8.57. The minimum atomic E-state index is -4.36. The van der Waals surface area contributed by atoms with Gasteiger partial charge in [-0.2, -0.15) is 13.2 Å². The molecule has 0 unspecified atom stereocenters. The average Bonchev–Trinajstić information content (AvgIpc) is 3.13. The number of thiophene rings is 1. The van der Waals surface area contributed by atoms with Crippen LogP contribution in [0.15, 0.2) is 24.3 Å². The number of hydrogen-bond acceptors (Lipinski definition) is 5. The van der Waals surface area contributed by atoms with Gasteiger partial charge in [-0.15, -0.1) is 11.3 Å². The largest absolute Gasteiger partial charge is 0.465 e. The van der Waals surface area contributed by atoms with E-state index in [-0.39, 0.29) is 5.97 Å². The molecule has 5 nitrogen and oxygen atoms in total. The number of nitrogens with one attached hydrogen (secondary N) is 1. The number of piperazine rings is 1. The van der Waals surface area contributed by atoms with Crippen molar-refractivity contribution in [3.05, 3.63) is 45.8 Å². The van der Waals surface area contributed by atoms with Gasteiger partial charge >= 0.3 is 12.1 Å². The van der Waals surface area contributed by atoms with Crippen LogP contribution in [-0.4, -0.2) is 49.3 Å². The summed E-state index contributed by atoms with van der Waals surface area (Å²) in [7, 11) is 1.39. The normalized spacial score (nSPS) is 16.9. The van der Waals surface area contributed by atoms with E-state index in [4.69, 9.17) is 17.0 Å². The molecular weight excluding hydrogens is 483 g/mol. The summed E-state index contributed by atoms with van der Waals surface area (Å²) in [6.07, 6.45) is 1.97. The Balaban J connectivity index is 1.44. The highest BCUT2D eigenvalue weighted by molar-refractivity contribution is 7.80. The minimum absolute atomic E-state index is 0.349. The van der Waals surface area contributed by atoms with E-state index in [9.17, 15) is 18.0 Å². The van der Waals surface area contributed by atoms with Gasteiger partial charge in [-0.05, 0) is 61.7 Å². The van der Waals surface area contributed by atoms with Crippen LogP contribution in [-0.2, 0) is 23.8 Å². The van der Waals surface area contributed by atoms with Gasteiger partial charge < -0.3 is 19.9 Å². The lowest BCUT2D eigenvalue weighted by atomic mass is 9.96. The fraction of sp³-hybridized carbons (Fsp3) is 0.500. The second kappa shape index (κ2) is 10.5. The highest BCUT2D eigenvalue weighted by atomic mass is 32.1. The van der Waals surface area contributed by atoms with Crippen molar-refractivity contribution >= 4 is 45.3 Å². The fourth-order valence-corrected chi connectivity index (χ4v) is 6.17. The summed E-state index contributed by atoms with van der Waals surface area (Å²) in [5.41, 5.74) is 1.58. The molecule has 0 radical (unpaired) electrons. The number of ether oxygens (including phenoxy) is 1. The molecule has 0 amide bonds. The summed E-state index contributed by atoms with van der Waals surface area (Å²) in [4.78, 5) is 17.8. The topological polar surface area (TPSA) is 44.8 Å². The van der Waals surface area contributed by atoms with E-state index in [0.717, 1.165) is 48.7 Å². The minimum Gasteiger partial charge on any atom is -0.465 e. The predicted octanol–water partition coefficient (Wildman–Crippen LogP) is 5.73. The standard InChI is InChI=1S/C24H28F3N3O2S2/c1-32-22(31)20-18-9-4-2-3-5-10-19(18)34-21(20)28-23(33)30-13-11-29(12-14-30)17-8-6-7-16(15-17)24(25,26)27/h6-8,15H,2-5,9-14H2,1H3,(H,28,33). The number of halogens is 3. The van der Waals surface area contributed by atoms with Gasteiger partial charge in [-0.25, -0.2) is 4.79 Å². The first kappa shape index (κ1) is 24.8. The van der Waals surface area contributed by atoms with Crippen molar-refractivity contribution in [1.29, 1.82) is 0 Å². The number of methoxy groups -OCH3 is 1. The Bertz CT molecular complexity index is 1050. The zero-order valence-electron chi connectivity index (χ0n) is 19.0. The van der Waals surface area contributed by atoms with Crippen LogP contribution in [0, 0.1) is 0 Å². The number of thiocarbonyl (C=S) groups is 1. The summed E-state index contributed by atoms with van der Waals surface area (Å²) in [6.45, 7) is 2.24. The van der Waals surface area contributed by atoms with Crippen molar-refractivity contribution < 1.29 is 22.7 Å². The number of benzene rings is 1. The summed E-state index contributed by atoms with van der Waals surface area (Å²) < 4.78 is 44.3. The molecule has 4 rings (SSSR count). The molecule has 1 saturated heterocycles. The van der Waals surface area contributed by atoms with Crippen molar-refractivity contribution in [2.45, 2.75) is 44.7 Å². The number of aryl methyl sites for hydroxylation is 1. The summed E-state index contributed by atoms with van der Waals surface area (Å²) >= 11 is 7.24. The molecule has 2 aliphatic rings. The summed E-state index contributed by atoms with van der Waals surface area (Å²) in [6, 6.07) is 5.41. The number of hydrogen-bond donors (Lipinski definition) is 1. The van der Waals surface area contributed by atoms with Gasteiger partial charge in [0.1, 0.15) is 5.00 Å². The van der Waals surface area contributed by atoms with Gasteiger partial charge in [0.2, 0.25) is 0 Å². The third-order valence-corrected chi connectivity index (χ3v) is 7.95. The van der Waals surface area contributed by atoms with Gasteiger partial charge in [-0.3, -0.25) is 0 Å². The van der Waals surface area contributed by atoms with Crippen LogP contribution in [0.4, 0.5) is 23.9 Å². The Kier molecular flexibility index (Phi) is 7.67. The lowest BCUT2D eigenvalue weighted by Crippen LogP contribution is -2.50. The van der Waals surface area contributed by atoms with E-state index >= 15 is 0 Å².